The van der Waals surface area contributed by atoms with Crippen molar-refractivity contribution in [2.75, 3.05) is 20.7 Å². The highest BCUT2D eigenvalue weighted by Crippen LogP contribution is 2.35. The summed E-state index contributed by atoms with van der Waals surface area (Å²) in [6.07, 6.45) is 2.68. The normalized spacial score (nSPS) is 16.9. The number of benzene rings is 1. The van der Waals surface area contributed by atoms with Crippen LogP contribution in [0.15, 0.2) is 18.2 Å². The van der Waals surface area contributed by atoms with Gasteiger partial charge in [-0.1, -0.05) is 12.1 Å². The maximum atomic E-state index is 5.88. The van der Waals surface area contributed by atoms with E-state index in [1.165, 1.54) is 24.0 Å². The van der Waals surface area contributed by atoms with Crippen molar-refractivity contribution in [3.8, 4) is 5.75 Å². The van der Waals surface area contributed by atoms with Crippen LogP contribution in [0.5, 0.6) is 5.75 Å². The van der Waals surface area contributed by atoms with E-state index in [1.807, 2.05) is 6.07 Å². The summed E-state index contributed by atoms with van der Waals surface area (Å²) in [6.45, 7) is 3.81. The lowest BCUT2D eigenvalue weighted by Gasteiger charge is -2.27. The molecule has 0 aliphatic heterocycles. The number of hydrogen-bond donors (Lipinski definition) is 1. The fourth-order valence-electron chi connectivity index (χ4n) is 2.66. The minimum absolute atomic E-state index is 0.535. The fourth-order valence-corrected chi connectivity index (χ4v) is 2.66. The molecule has 2 rings (SSSR count). The maximum absolute atomic E-state index is 5.88. The quantitative estimate of drug-likeness (QED) is 0.838. The van der Waals surface area contributed by atoms with Gasteiger partial charge >= 0.3 is 0 Å². The summed E-state index contributed by atoms with van der Waals surface area (Å²) < 4.78 is 5.29. The van der Waals surface area contributed by atoms with Crippen LogP contribution in [0, 0.1) is 12.8 Å². The van der Waals surface area contributed by atoms with Crippen LogP contribution in [0.2, 0.25) is 0 Å². The Kier molecular flexibility index (Phi) is 4.25. The number of nitrogens with two attached hydrogens (primary N) is 1. The maximum Gasteiger partial charge on any atom is 0.121 e. The van der Waals surface area contributed by atoms with Crippen molar-refractivity contribution in [2.45, 2.75) is 32.4 Å². The highest BCUT2D eigenvalue weighted by Gasteiger charge is 2.32. The first kappa shape index (κ1) is 13.4. The van der Waals surface area contributed by atoms with E-state index in [2.05, 4.69) is 31.0 Å². The molecular weight excluding hydrogens is 224 g/mol. The first-order chi connectivity index (χ1) is 8.65. The van der Waals surface area contributed by atoms with Crippen LogP contribution in [0.25, 0.3) is 0 Å². The van der Waals surface area contributed by atoms with E-state index in [1.54, 1.807) is 7.11 Å². The van der Waals surface area contributed by atoms with Gasteiger partial charge in [-0.2, -0.15) is 0 Å². The van der Waals surface area contributed by atoms with Crippen molar-refractivity contribution >= 4 is 0 Å². The lowest BCUT2D eigenvalue weighted by atomic mass is 10.1. The minimum atomic E-state index is 0.535. The number of rotatable bonds is 6. The molecule has 0 saturated heterocycles. The molecule has 3 nitrogen and oxygen atoms in total. The molecule has 1 saturated carbocycles. The highest BCUT2D eigenvalue weighted by molar-refractivity contribution is 5.36. The molecular formula is C15H24N2O. The predicted octanol–water partition coefficient (Wildman–Crippen LogP) is 2.17. The SMILES string of the molecule is COc1ccc(CN(C)C(CN)C2CC2)cc1C. The van der Waals surface area contributed by atoms with Crippen molar-refractivity contribution in [2.24, 2.45) is 11.7 Å². The van der Waals surface area contributed by atoms with Gasteiger partial charge in [-0.15, -0.1) is 0 Å². The van der Waals surface area contributed by atoms with Crippen molar-refractivity contribution in [1.82, 2.24) is 4.90 Å². The average Bonchev–Trinajstić information content (AvgIpc) is 3.15. The van der Waals surface area contributed by atoms with Crippen molar-refractivity contribution < 1.29 is 4.74 Å². The molecule has 0 radical (unpaired) electrons. The minimum Gasteiger partial charge on any atom is -0.496 e. The van der Waals surface area contributed by atoms with Gasteiger partial charge in [0.25, 0.3) is 0 Å². The van der Waals surface area contributed by atoms with Crippen LogP contribution in [-0.2, 0) is 6.54 Å². The van der Waals surface area contributed by atoms with Gasteiger partial charge < -0.3 is 10.5 Å². The van der Waals surface area contributed by atoms with E-state index < -0.39 is 0 Å². The van der Waals surface area contributed by atoms with Gasteiger partial charge in [0.05, 0.1) is 7.11 Å². The summed E-state index contributed by atoms with van der Waals surface area (Å²) in [5, 5.41) is 0. The topological polar surface area (TPSA) is 38.5 Å². The molecule has 0 spiro atoms. The first-order valence-electron chi connectivity index (χ1n) is 6.69. The fraction of sp³-hybridized carbons (Fsp3) is 0.600. The van der Waals surface area contributed by atoms with Gasteiger partial charge in [0.1, 0.15) is 5.75 Å². The van der Waals surface area contributed by atoms with Gasteiger partial charge in [-0.25, -0.2) is 0 Å². The molecule has 0 bridgehead atoms. The average molecular weight is 248 g/mol. The Morgan fingerprint density at radius 3 is 2.67 bits per heavy atom. The van der Waals surface area contributed by atoms with Gasteiger partial charge in [0, 0.05) is 19.1 Å². The third kappa shape index (κ3) is 3.03. The zero-order valence-electron chi connectivity index (χ0n) is 11.6. The summed E-state index contributed by atoms with van der Waals surface area (Å²) in [4.78, 5) is 2.39. The van der Waals surface area contributed by atoms with Crippen LogP contribution < -0.4 is 10.5 Å². The number of hydrogen-bond acceptors (Lipinski definition) is 3. The zero-order chi connectivity index (χ0) is 13.1. The molecule has 1 aliphatic carbocycles. The summed E-state index contributed by atoms with van der Waals surface area (Å²) >= 11 is 0. The molecule has 3 heteroatoms. The van der Waals surface area contributed by atoms with Gasteiger partial charge in [0.15, 0.2) is 0 Å². The Morgan fingerprint density at radius 1 is 1.44 bits per heavy atom. The predicted molar refractivity (Wildman–Crippen MR) is 74.8 cm³/mol. The van der Waals surface area contributed by atoms with Crippen LogP contribution in [0.3, 0.4) is 0 Å². The molecule has 0 heterocycles. The van der Waals surface area contributed by atoms with E-state index in [0.717, 1.165) is 24.8 Å². The molecule has 1 aromatic carbocycles. The van der Waals surface area contributed by atoms with Gasteiger partial charge in [0.2, 0.25) is 0 Å². The number of methoxy groups -OCH3 is 1. The summed E-state index contributed by atoms with van der Waals surface area (Å²) in [6, 6.07) is 6.93. The smallest absolute Gasteiger partial charge is 0.121 e. The summed E-state index contributed by atoms with van der Waals surface area (Å²) in [7, 11) is 3.89. The van der Waals surface area contributed by atoms with Crippen LogP contribution in [0.4, 0.5) is 0 Å². The second-order valence-corrected chi connectivity index (χ2v) is 5.36. The monoisotopic (exact) mass is 248 g/mol. The Hall–Kier alpha value is -1.06. The Labute approximate surface area is 110 Å². The largest absolute Gasteiger partial charge is 0.496 e. The Balaban J connectivity index is 2.01. The number of likely N-dealkylation sites (N-methyl/N-ethyl adjacent to an activating group) is 1. The van der Waals surface area contributed by atoms with E-state index >= 15 is 0 Å². The van der Waals surface area contributed by atoms with Gasteiger partial charge in [-0.3, -0.25) is 4.90 Å². The molecule has 1 aromatic rings. The van der Waals surface area contributed by atoms with Gasteiger partial charge in [-0.05, 0) is 49.9 Å². The summed E-state index contributed by atoms with van der Waals surface area (Å²) in [5.74, 6) is 1.78. The molecule has 1 fully saturated rings. The molecule has 0 aromatic heterocycles. The lowest BCUT2D eigenvalue weighted by molar-refractivity contribution is 0.215. The van der Waals surface area contributed by atoms with Crippen molar-refractivity contribution in [1.29, 1.82) is 0 Å². The standard InChI is InChI=1S/C15H24N2O/c1-11-8-12(4-7-15(11)18-3)10-17(2)14(9-16)13-5-6-13/h4,7-8,13-14H,5-6,9-10,16H2,1-3H3. The van der Waals surface area contributed by atoms with E-state index in [4.69, 9.17) is 10.5 Å². The van der Waals surface area contributed by atoms with Crippen LogP contribution in [-0.4, -0.2) is 31.6 Å². The lowest BCUT2D eigenvalue weighted by Crippen LogP contribution is -2.39. The molecule has 1 atom stereocenters. The number of aryl methyl sites for hydroxylation is 1. The molecule has 0 amide bonds. The molecule has 1 aliphatic rings. The van der Waals surface area contributed by atoms with Crippen LogP contribution in [0.1, 0.15) is 24.0 Å². The highest BCUT2D eigenvalue weighted by atomic mass is 16.5. The Bertz CT molecular complexity index is 401. The summed E-state index contributed by atoms with van der Waals surface area (Å²) in [5.41, 5.74) is 8.40. The zero-order valence-corrected chi connectivity index (χ0v) is 11.6. The van der Waals surface area contributed by atoms with Crippen molar-refractivity contribution in [3.63, 3.8) is 0 Å². The third-order valence-corrected chi connectivity index (χ3v) is 3.87. The van der Waals surface area contributed by atoms with Crippen molar-refractivity contribution in [3.05, 3.63) is 29.3 Å². The van der Waals surface area contributed by atoms with E-state index in [-0.39, 0.29) is 0 Å². The second kappa shape index (κ2) is 5.72. The van der Waals surface area contributed by atoms with Crippen LogP contribution >= 0.6 is 0 Å². The number of ether oxygens (including phenoxy) is 1. The molecule has 18 heavy (non-hydrogen) atoms. The molecule has 1 unspecified atom stereocenters. The third-order valence-electron chi connectivity index (χ3n) is 3.87. The molecule has 2 N–H and O–H groups in total. The molecule has 100 valence electrons. The Morgan fingerprint density at radius 2 is 2.17 bits per heavy atom. The first-order valence-corrected chi connectivity index (χ1v) is 6.69. The number of nitrogens with zero attached hydrogens (tertiary/aromatic N) is 1. The van der Waals surface area contributed by atoms with E-state index in [0.29, 0.717) is 6.04 Å². The second-order valence-electron chi connectivity index (χ2n) is 5.36. The van der Waals surface area contributed by atoms with E-state index in [9.17, 15) is 0 Å².